The van der Waals surface area contributed by atoms with Gasteiger partial charge in [-0.3, -0.25) is 4.57 Å². The van der Waals surface area contributed by atoms with Gasteiger partial charge in [0.15, 0.2) is 39.8 Å². The topological polar surface area (TPSA) is 105 Å². The van der Waals surface area contributed by atoms with Gasteiger partial charge in [-0.2, -0.15) is 0 Å². The van der Waals surface area contributed by atoms with E-state index in [9.17, 15) is 0 Å². The van der Waals surface area contributed by atoms with Crippen molar-refractivity contribution in [1.29, 1.82) is 0 Å². The molecular formula is C46H66N6O4Si2. The molecule has 4 atom stereocenters. The summed E-state index contributed by atoms with van der Waals surface area (Å²) in [6.07, 6.45) is 0.796. The lowest BCUT2D eigenvalue weighted by Crippen LogP contribution is -2.54. The van der Waals surface area contributed by atoms with Crippen LogP contribution in [-0.4, -0.2) is 81.3 Å². The van der Waals surface area contributed by atoms with Crippen LogP contribution >= 0.6 is 0 Å². The minimum Gasteiger partial charge on any atom is -0.408 e. The van der Waals surface area contributed by atoms with Crippen LogP contribution in [0.4, 0.5) is 5.82 Å². The number of imidazole rings is 1. The van der Waals surface area contributed by atoms with Crippen LogP contribution in [0, 0.1) is 0 Å². The normalized spacial score (nSPS) is 19.3. The van der Waals surface area contributed by atoms with Crippen LogP contribution < -0.4 is 10.6 Å². The van der Waals surface area contributed by atoms with Crippen LogP contribution in [-0.2, 0) is 31.3 Å². The predicted molar refractivity (Wildman–Crippen MR) is 240 cm³/mol. The van der Waals surface area contributed by atoms with Crippen molar-refractivity contribution in [3.63, 3.8) is 0 Å². The fourth-order valence-corrected chi connectivity index (χ4v) is 9.55. The van der Waals surface area contributed by atoms with Gasteiger partial charge in [0.25, 0.3) is 0 Å². The fourth-order valence-electron chi connectivity index (χ4n) is 6.94. The largest absolute Gasteiger partial charge is 0.408 e. The maximum Gasteiger partial charge on any atom is 0.192 e. The van der Waals surface area contributed by atoms with Gasteiger partial charge in [0.05, 0.1) is 12.9 Å². The molecule has 1 saturated heterocycles. The highest BCUT2D eigenvalue weighted by Crippen LogP contribution is 2.46. The molecule has 3 aromatic carbocycles. The van der Waals surface area contributed by atoms with Gasteiger partial charge in [0, 0.05) is 39.1 Å². The van der Waals surface area contributed by atoms with E-state index in [1.54, 1.807) is 7.11 Å². The number of aromatic nitrogens is 4. The van der Waals surface area contributed by atoms with Gasteiger partial charge in [-0.15, -0.1) is 0 Å². The summed E-state index contributed by atoms with van der Waals surface area (Å²) in [6.45, 7) is 25.3. The molecule has 58 heavy (non-hydrogen) atoms. The fraction of sp³-hybridized carbons (Fsp3) is 0.500. The van der Waals surface area contributed by atoms with E-state index in [1.807, 2.05) is 12.4 Å². The van der Waals surface area contributed by atoms with Crippen molar-refractivity contribution in [1.82, 2.24) is 24.8 Å². The highest BCUT2D eigenvalue weighted by atomic mass is 28.4. The van der Waals surface area contributed by atoms with Crippen LogP contribution in [0.15, 0.2) is 97.3 Å². The molecule has 2 N–H and O–H groups in total. The molecule has 5 aromatic rings. The number of benzene rings is 3. The Morgan fingerprint density at radius 2 is 1.31 bits per heavy atom. The molecule has 2 aromatic heterocycles. The first-order valence-electron chi connectivity index (χ1n) is 20.8. The second-order valence-corrected chi connectivity index (χ2v) is 28.2. The summed E-state index contributed by atoms with van der Waals surface area (Å²) in [7, 11) is -2.90. The van der Waals surface area contributed by atoms with E-state index in [-0.39, 0.29) is 28.2 Å². The SMILES string of the molecule is COC[C@H]1O[C@@H](n2cnc3c(NCC(c4ccccc4)c4ccccc4)nc(CCNCc4ccccc4)nc32)[C@@H](O[Si](C)(C)C(C)(C)C)[C@@H]1O[Si](C)(C)C(C)(C)C. The molecule has 0 saturated carbocycles. The maximum absolute atomic E-state index is 7.39. The predicted octanol–water partition coefficient (Wildman–Crippen LogP) is 9.73. The Hall–Kier alpha value is -3.76. The number of anilines is 1. The molecular weight excluding hydrogens is 757 g/mol. The summed E-state index contributed by atoms with van der Waals surface area (Å²) in [5, 5.41) is 7.29. The van der Waals surface area contributed by atoms with Crippen LogP contribution in [0.2, 0.25) is 36.3 Å². The summed E-state index contributed by atoms with van der Waals surface area (Å²) in [5.41, 5.74) is 5.07. The van der Waals surface area contributed by atoms with Gasteiger partial charge in [0.2, 0.25) is 0 Å². The van der Waals surface area contributed by atoms with Crippen molar-refractivity contribution in [2.75, 3.05) is 32.1 Å². The molecule has 3 heterocycles. The average Bonchev–Trinajstić information content (AvgIpc) is 3.74. The van der Waals surface area contributed by atoms with Gasteiger partial charge >= 0.3 is 0 Å². The van der Waals surface area contributed by atoms with E-state index in [2.05, 4.69) is 168 Å². The van der Waals surface area contributed by atoms with E-state index in [0.29, 0.717) is 43.1 Å². The molecule has 0 spiro atoms. The number of fused-ring (bicyclic) bond motifs is 1. The molecule has 312 valence electrons. The molecule has 1 fully saturated rings. The van der Waals surface area contributed by atoms with Crippen molar-refractivity contribution >= 4 is 33.6 Å². The maximum atomic E-state index is 7.39. The Morgan fingerprint density at radius 3 is 1.86 bits per heavy atom. The van der Waals surface area contributed by atoms with Gasteiger partial charge in [0.1, 0.15) is 24.1 Å². The second-order valence-electron chi connectivity index (χ2n) is 18.7. The average molecular weight is 823 g/mol. The standard InChI is InChI=1S/C46H66N6O4Si2/c1-45(2,3)57(8,9)55-40-37(31-53-7)54-44(41(40)56-58(10,11)46(4,5)6)52-32-49-39-42(48-30-36(34-23-17-13-18-24-34)35-25-19-14-20-26-35)50-38(51-43(39)52)27-28-47-29-33-21-15-12-16-22-33/h12-26,32,36-37,40-41,44,47H,27-31H2,1-11H3,(H,48,50,51)/t37-,40-,41+,44-/m1/s1. The van der Waals surface area contributed by atoms with Gasteiger partial charge in [-0.25, -0.2) is 15.0 Å². The number of methoxy groups -OCH3 is 1. The highest BCUT2D eigenvalue weighted by Gasteiger charge is 2.54. The Kier molecular flexibility index (Phi) is 13.8. The van der Waals surface area contributed by atoms with Crippen molar-refractivity contribution in [2.45, 2.75) is 121 Å². The monoisotopic (exact) mass is 822 g/mol. The zero-order chi connectivity index (χ0) is 41.7. The van der Waals surface area contributed by atoms with E-state index in [1.165, 1.54) is 16.7 Å². The summed E-state index contributed by atoms with van der Waals surface area (Å²) in [5.74, 6) is 1.51. The smallest absolute Gasteiger partial charge is 0.192 e. The highest BCUT2D eigenvalue weighted by molar-refractivity contribution is 6.74. The molecule has 0 radical (unpaired) electrons. The summed E-state index contributed by atoms with van der Waals surface area (Å²) >= 11 is 0. The molecule has 0 unspecified atom stereocenters. The van der Waals surface area contributed by atoms with Crippen molar-refractivity contribution in [2.24, 2.45) is 0 Å². The number of hydrogen-bond acceptors (Lipinski definition) is 9. The zero-order valence-electron chi connectivity index (χ0n) is 36.6. The van der Waals surface area contributed by atoms with Crippen LogP contribution in [0.25, 0.3) is 11.2 Å². The number of nitrogens with zero attached hydrogens (tertiary/aromatic N) is 4. The first-order chi connectivity index (χ1) is 27.5. The van der Waals surface area contributed by atoms with Crippen molar-refractivity contribution < 1.29 is 18.3 Å². The molecule has 12 heteroatoms. The molecule has 0 bridgehead atoms. The quantitative estimate of drug-likeness (QED) is 0.0701. The van der Waals surface area contributed by atoms with Crippen LogP contribution in [0.5, 0.6) is 0 Å². The van der Waals surface area contributed by atoms with Crippen molar-refractivity contribution in [3.8, 4) is 0 Å². The minimum absolute atomic E-state index is 0.0134. The first-order valence-corrected chi connectivity index (χ1v) is 26.6. The number of hydrogen-bond donors (Lipinski definition) is 2. The Morgan fingerprint density at radius 1 is 0.759 bits per heavy atom. The molecule has 0 amide bonds. The van der Waals surface area contributed by atoms with E-state index < -0.39 is 29.0 Å². The minimum atomic E-state index is -2.34. The van der Waals surface area contributed by atoms with Gasteiger partial charge < -0.3 is 29.0 Å². The van der Waals surface area contributed by atoms with Crippen molar-refractivity contribution in [3.05, 3.63) is 120 Å². The lowest BCUT2D eigenvalue weighted by Gasteiger charge is -2.44. The summed E-state index contributed by atoms with van der Waals surface area (Å²) in [6, 6.07) is 31.7. The summed E-state index contributed by atoms with van der Waals surface area (Å²) < 4.78 is 29.6. The third kappa shape index (κ3) is 10.2. The van der Waals surface area contributed by atoms with Gasteiger partial charge in [-0.1, -0.05) is 133 Å². The molecule has 6 rings (SSSR count). The van der Waals surface area contributed by atoms with E-state index in [0.717, 1.165) is 12.4 Å². The van der Waals surface area contributed by atoms with Crippen LogP contribution in [0.3, 0.4) is 0 Å². The first kappa shape index (κ1) is 43.8. The lowest BCUT2D eigenvalue weighted by atomic mass is 9.91. The van der Waals surface area contributed by atoms with Gasteiger partial charge in [-0.05, 0) is 53.0 Å². The van der Waals surface area contributed by atoms with Crippen LogP contribution in [0.1, 0.15) is 76.2 Å². The Bertz CT molecular complexity index is 2010. The van der Waals surface area contributed by atoms with E-state index in [4.69, 9.17) is 33.3 Å². The summed E-state index contributed by atoms with van der Waals surface area (Å²) in [4.78, 5) is 15.4. The molecule has 10 nitrogen and oxygen atoms in total. The zero-order valence-corrected chi connectivity index (χ0v) is 38.6. The number of ether oxygens (including phenoxy) is 2. The second kappa shape index (κ2) is 18.2. The molecule has 0 aliphatic carbocycles. The molecule has 1 aliphatic heterocycles. The molecule has 1 aliphatic rings. The third-order valence-corrected chi connectivity index (χ3v) is 21.4. The van der Waals surface area contributed by atoms with E-state index >= 15 is 0 Å². The third-order valence-electron chi connectivity index (χ3n) is 12.4. The number of rotatable bonds is 17. The number of nitrogens with one attached hydrogen (secondary N) is 2. The Labute approximate surface area is 348 Å². The Balaban J connectivity index is 1.41. The lowest BCUT2D eigenvalue weighted by molar-refractivity contribution is -0.0562.